The van der Waals surface area contributed by atoms with Crippen LogP contribution in [0.1, 0.15) is 39.0 Å². The van der Waals surface area contributed by atoms with Gasteiger partial charge in [-0.25, -0.2) is 9.97 Å². The van der Waals surface area contributed by atoms with Crippen molar-refractivity contribution in [3.8, 4) is 17.1 Å². The van der Waals surface area contributed by atoms with E-state index < -0.39 is 6.10 Å². The largest absolute Gasteiger partial charge is 0.491 e. The molecule has 1 aliphatic carbocycles. The number of nitrogens with zero attached hydrogens (tertiary/aromatic N) is 5. The van der Waals surface area contributed by atoms with Crippen molar-refractivity contribution in [1.82, 2.24) is 20.2 Å². The Hall–Kier alpha value is -2.42. The van der Waals surface area contributed by atoms with Gasteiger partial charge in [-0.15, -0.1) is 0 Å². The number of aliphatic hydroxyl groups is 1. The van der Waals surface area contributed by atoms with Crippen LogP contribution in [0.3, 0.4) is 0 Å². The maximum Gasteiger partial charge on any atom is 0.163 e. The van der Waals surface area contributed by atoms with E-state index in [0.717, 1.165) is 36.8 Å². The van der Waals surface area contributed by atoms with Gasteiger partial charge in [-0.2, -0.15) is 0 Å². The van der Waals surface area contributed by atoms with Crippen LogP contribution >= 0.6 is 0 Å². The van der Waals surface area contributed by atoms with Crippen molar-refractivity contribution >= 4 is 11.6 Å². The maximum atomic E-state index is 10.0. The van der Waals surface area contributed by atoms with Crippen molar-refractivity contribution in [2.45, 2.75) is 57.2 Å². The smallest absolute Gasteiger partial charge is 0.163 e. The van der Waals surface area contributed by atoms with Gasteiger partial charge in [-0.05, 0) is 46.0 Å². The van der Waals surface area contributed by atoms with Crippen molar-refractivity contribution in [2.24, 2.45) is 0 Å². The average molecular weight is 483 g/mol. The summed E-state index contributed by atoms with van der Waals surface area (Å²) in [5, 5.41) is 13.0. The third-order valence-electron chi connectivity index (χ3n) is 7.44. The molecule has 1 aliphatic heterocycles. The van der Waals surface area contributed by atoms with Gasteiger partial charge < -0.3 is 29.9 Å². The lowest BCUT2D eigenvalue weighted by molar-refractivity contribution is 0.108. The van der Waals surface area contributed by atoms with Gasteiger partial charge in [-0.1, -0.05) is 31.4 Å². The number of nitrogens with one attached hydrogen (secondary N) is 1. The summed E-state index contributed by atoms with van der Waals surface area (Å²) in [5.41, 5.74) is 0.924. The molecule has 0 bridgehead atoms. The standard InChI is InChI=1S/C27H42N6O2/c1-20-18-33(14-13-31(20)3)26-16-25(32(4)22-10-6-5-7-11-22)29-27(30-26)21-9-8-12-24(15-21)35-19-23(34)17-28-2/h8-9,12,15-16,20,22-23,28,34H,5-7,10-11,13-14,17-19H2,1-4H3/t20-,23?/m0/s1. The first kappa shape index (κ1) is 25.7. The zero-order valence-corrected chi connectivity index (χ0v) is 21.8. The highest BCUT2D eigenvalue weighted by molar-refractivity contribution is 5.64. The lowest BCUT2D eigenvalue weighted by atomic mass is 9.94. The molecule has 2 aliphatic rings. The molecule has 0 amide bonds. The Kier molecular flexibility index (Phi) is 8.81. The molecule has 4 rings (SSSR count). The van der Waals surface area contributed by atoms with Crippen LogP contribution in [0.5, 0.6) is 5.75 Å². The summed E-state index contributed by atoms with van der Waals surface area (Å²) in [6, 6.07) is 11.1. The van der Waals surface area contributed by atoms with Gasteiger partial charge in [0.25, 0.3) is 0 Å². The van der Waals surface area contributed by atoms with Crippen molar-refractivity contribution in [3.63, 3.8) is 0 Å². The molecule has 0 radical (unpaired) electrons. The monoisotopic (exact) mass is 482 g/mol. The number of piperazine rings is 1. The highest BCUT2D eigenvalue weighted by atomic mass is 16.5. The van der Waals surface area contributed by atoms with E-state index in [2.05, 4.69) is 47.1 Å². The number of hydrogen-bond donors (Lipinski definition) is 2. The predicted octanol–water partition coefficient (Wildman–Crippen LogP) is 3.01. The summed E-state index contributed by atoms with van der Waals surface area (Å²) >= 11 is 0. The number of rotatable bonds is 9. The van der Waals surface area contributed by atoms with Gasteiger partial charge in [0, 0.05) is 56.9 Å². The number of aliphatic hydroxyl groups excluding tert-OH is 1. The Morgan fingerprint density at radius 1 is 1.17 bits per heavy atom. The second kappa shape index (κ2) is 12.0. The summed E-state index contributed by atoms with van der Waals surface area (Å²) in [4.78, 5) is 17.2. The molecule has 1 aromatic heterocycles. The van der Waals surface area contributed by atoms with Gasteiger partial charge in [0.05, 0.1) is 0 Å². The summed E-state index contributed by atoms with van der Waals surface area (Å²) in [6.07, 6.45) is 5.78. The molecular formula is C27H42N6O2. The van der Waals surface area contributed by atoms with Gasteiger partial charge in [0.15, 0.2) is 5.82 Å². The number of ether oxygens (including phenoxy) is 1. The first-order valence-electron chi connectivity index (χ1n) is 13.1. The number of benzene rings is 1. The zero-order valence-electron chi connectivity index (χ0n) is 21.8. The first-order valence-corrected chi connectivity index (χ1v) is 13.1. The summed E-state index contributed by atoms with van der Waals surface area (Å²) in [6.45, 7) is 5.92. The second-order valence-corrected chi connectivity index (χ2v) is 10.1. The van der Waals surface area contributed by atoms with E-state index >= 15 is 0 Å². The highest BCUT2D eigenvalue weighted by Crippen LogP contribution is 2.31. The minimum atomic E-state index is -0.557. The number of hydrogen-bond acceptors (Lipinski definition) is 8. The SMILES string of the molecule is CNCC(O)COc1cccc(-c2nc(N3CCN(C)[C@@H](C)C3)cc(N(C)C3CCCCC3)n2)c1. The molecule has 0 spiro atoms. The molecule has 192 valence electrons. The number of anilines is 2. The first-order chi connectivity index (χ1) is 16.9. The number of aromatic nitrogens is 2. The molecule has 2 atom stereocenters. The fourth-order valence-corrected chi connectivity index (χ4v) is 5.02. The Bertz CT molecular complexity index is 931. The molecule has 2 N–H and O–H groups in total. The lowest BCUT2D eigenvalue weighted by Gasteiger charge is -2.39. The maximum absolute atomic E-state index is 10.0. The molecule has 35 heavy (non-hydrogen) atoms. The molecule has 2 aromatic rings. The molecule has 1 aromatic carbocycles. The predicted molar refractivity (Wildman–Crippen MR) is 142 cm³/mol. The van der Waals surface area contributed by atoms with Crippen molar-refractivity contribution in [3.05, 3.63) is 30.3 Å². The minimum Gasteiger partial charge on any atom is -0.491 e. The van der Waals surface area contributed by atoms with Gasteiger partial charge >= 0.3 is 0 Å². The molecule has 8 nitrogen and oxygen atoms in total. The zero-order chi connectivity index (χ0) is 24.8. The summed E-state index contributed by atoms with van der Waals surface area (Å²) < 4.78 is 5.86. The van der Waals surface area contributed by atoms with E-state index in [4.69, 9.17) is 14.7 Å². The van der Waals surface area contributed by atoms with Crippen molar-refractivity contribution in [1.29, 1.82) is 0 Å². The van der Waals surface area contributed by atoms with Crippen LogP contribution in [0.4, 0.5) is 11.6 Å². The van der Waals surface area contributed by atoms with Crippen LogP contribution in [0.15, 0.2) is 30.3 Å². The van der Waals surface area contributed by atoms with E-state index in [0.29, 0.717) is 30.2 Å². The van der Waals surface area contributed by atoms with E-state index in [1.165, 1.54) is 32.1 Å². The van der Waals surface area contributed by atoms with Crippen molar-refractivity contribution < 1.29 is 9.84 Å². The third kappa shape index (κ3) is 6.63. The van der Waals surface area contributed by atoms with Gasteiger partial charge in [0.1, 0.15) is 30.1 Å². The Labute approximate surface area is 210 Å². The van der Waals surface area contributed by atoms with Crippen LogP contribution < -0.4 is 19.9 Å². The second-order valence-electron chi connectivity index (χ2n) is 10.1. The van der Waals surface area contributed by atoms with Gasteiger partial charge in [-0.3, -0.25) is 0 Å². The van der Waals surface area contributed by atoms with Crippen LogP contribution in [0.25, 0.3) is 11.4 Å². The highest BCUT2D eigenvalue weighted by Gasteiger charge is 2.25. The molecule has 2 heterocycles. The van der Waals surface area contributed by atoms with E-state index in [1.54, 1.807) is 0 Å². The van der Waals surface area contributed by atoms with E-state index in [1.807, 2.05) is 31.3 Å². The molecule has 1 saturated heterocycles. The van der Waals surface area contributed by atoms with Gasteiger partial charge in [0.2, 0.25) is 0 Å². The topological polar surface area (TPSA) is 77.0 Å². The van der Waals surface area contributed by atoms with E-state index in [9.17, 15) is 5.11 Å². The summed E-state index contributed by atoms with van der Waals surface area (Å²) in [5.74, 6) is 3.40. The third-order valence-corrected chi connectivity index (χ3v) is 7.44. The number of likely N-dealkylation sites (N-methyl/N-ethyl adjacent to an activating group) is 2. The van der Waals surface area contributed by atoms with Crippen LogP contribution in [0, 0.1) is 0 Å². The van der Waals surface area contributed by atoms with Crippen LogP contribution in [0.2, 0.25) is 0 Å². The Morgan fingerprint density at radius 3 is 2.71 bits per heavy atom. The molecule has 1 unspecified atom stereocenters. The quantitative estimate of drug-likeness (QED) is 0.565. The normalized spacial score (nSPS) is 20.6. The lowest BCUT2D eigenvalue weighted by Crippen LogP contribution is -2.50. The van der Waals surface area contributed by atoms with Crippen molar-refractivity contribution in [2.75, 3.05) is 63.7 Å². The van der Waals surface area contributed by atoms with E-state index in [-0.39, 0.29) is 6.61 Å². The van der Waals surface area contributed by atoms with Crippen LogP contribution in [-0.4, -0.2) is 92.1 Å². The fraction of sp³-hybridized carbons (Fsp3) is 0.630. The van der Waals surface area contributed by atoms with Crippen LogP contribution in [-0.2, 0) is 0 Å². The molecule has 2 fully saturated rings. The minimum absolute atomic E-state index is 0.236. The molecule has 8 heteroatoms. The summed E-state index contributed by atoms with van der Waals surface area (Å²) in [7, 11) is 6.19. The average Bonchev–Trinajstić information content (AvgIpc) is 2.89. The fourth-order valence-electron chi connectivity index (χ4n) is 5.02. The Balaban J connectivity index is 1.63. The molecule has 1 saturated carbocycles. The Morgan fingerprint density at radius 2 is 1.97 bits per heavy atom. The molecular weight excluding hydrogens is 440 g/mol.